The topological polar surface area (TPSA) is 74.1 Å². The van der Waals surface area contributed by atoms with Crippen molar-refractivity contribution in [3.63, 3.8) is 0 Å². The molecule has 0 radical (unpaired) electrons. The van der Waals surface area contributed by atoms with Crippen LogP contribution in [0.2, 0.25) is 0 Å². The third-order valence-electron chi connectivity index (χ3n) is 0.893. The van der Waals surface area contributed by atoms with Crippen LogP contribution in [0.1, 0.15) is 6.92 Å². The van der Waals surface area contributed by atoms with E-state index in [2.05, 4.69) is 15.1 Å². The summed E-state index contributed by atoms with van der Waals surface area (Å²) in [5.41, 5.74) is -0.00926. The molecule has 1 rings (SSSR count). The third-order valence-corrected chi connectivity index (χ3v) is 0.893. The van der Waals surface area contributed by atoms with Crippen LogP contribution < -0.4 is 29.6 Å². The van der Waals surface area contributed by atoms with E-state index in [1.807, 2.05) is 0 Å². The van der Waals surface area contributed by atoms with Gasteiger partial charge in [0.05, 0.1) is 0 Å². The summed E-state index contributed by atoms with van der Waals surface area (Å²) in [5, 5.41) is 15.4. The first-order valence-electron chi connectivity index (χ1n) is 2.22. The van der Waals surface area contributed by atoms with Gasteiger partial charge < -0.3 is 15.2 Å². The maximum absolute atomic E-state index is 10.3. The molecule has 0 spiro atoms. The molecule has 0 aromatic carbocycles. The van der Waals surface area contributed by atoms with Gasteiger partial charge in [0.1, 0.15) is 5.71 Å². The van der Waals surface area contributed by atoms with Crippen LogP contribution in [0.4, 0.5) is 0 Å². The number of carbonyl (C=O) groups excluding carboxylic acids is 1. The zero-order valence-electron chi connectivity index (χ0n) is 5.62. The zero-order chi connectivity index (χ0) is 6.85. The summed E-state index contributed by atoms with van der Waals surface area (Å²) in [7, 11) is 0. The summed E-state index contributed by atoms with van der Waals surface area (Å²) in [6.45, 7) is 1.47. The molecule has 0 aliphatic carbocycles. The molecular formula is C4H3N2NaO3. The SMILES string of the molecule is CC1=NOC(=O)/C1=N/[O-].[Na+]. The fraction of sp³-hybridized carbons (Fsp3) is 0.250. The molecular weight excluding hydrogens is 147 g/mol. The fourth-order valence-electron chi connectivity index (χ4n) is 0.447. The Kier molecular flexibility index (Phi) is 3.55. The Morgan fingerprint density at radius 2 is 2.30 bits per heavy atom. The maximum Gasteiger partial charge on any atom is 1.00 e. The van der Waals surface area contributed by atoms with Crippen LogP contribution in [-0.2, 0) is 9.63 Å². The van der Waals surface area contributed by atoms with Crippen molar-refractivity contribution in [3.8, 4) is 0 Å². The molecule has 0 amide bonds. The van der Waals surface area contributed by atoms with Crippen molar-refractivity contribution in [2.75, 3.05) is 0 Å². The molecule has 0 aromatic heterocycles. The molecule has 0 saturated carbocycles. The van der Waals surface area contributed by atoms with Gasteiger partial charge >= 0.3 is 35.5 Å². The summed E-state index contributed by atoms with van der Waals surface area (Å²) < 4.78 is 0. The van der Waals surface area contributed by atoms with Gasteiger partial charge in [0, 0.05) is 0 Å². The zero-order valence-corrected chi connectivity index (χ0v) is 7.62. The van der Waals surface area contributed by atoms with Crippen LogP contribution in [0.25, 0.3) is 0 Å². The Balaban J connectivity index is 0.000000810. The van der Waals surface area contributed by atoms with E-state index in [4.69, 9.17) is 0 Å². The summed E-state index contributed by atoms with van der Waals surface area (Å²) in [4.78, 5) is 14.4. The van der Waals surface area contributed by atoms with Gasteiger partial charge in [-0.2, -0.15) is 0 Å². The normalized spacial score (nSPS) is 19.9. The van der Waals surface area contributed by atoms with Crippen LogP contribution in [-0.4, -0.2) is 17.4 Å². The molecule has 1 aliphatic rings. The van der Waals surface area contributed by atoms with Gasteiger partial charge in [-0.25, -0.2) is 4.79 Å². The van der Waals surface area contributed by atoms with Crippen molar-refractivity contribution in [1.82, 2.24) is 0 Å². The van der Waals surface area contributed by atoms with Gasteiger partial charge in [-0.05, 0) is 6.92 Å². The number of rotatable bonds is 0. The van der Waals surface area contributed by atoms with Gasteiger partial charge in [-0.1, -0.05) is 5.16 Å². The fourth-order valence-corrected chi connectivity index (χ4v) is 0.447. The molecule has 0 aromatic rings. The van der Waals surface area contributed by atoms with Crippen molar-refractivity contribution in [1.29, 1.82) is 0 Å². The Labute approximate surface area is 79.0 Å². The Hall–Kier alpha value is -0.390. The van der Waals surface area contributed by atoms with Crippen molar-refractivity contribution < 1.29 is 39.2 Å². The summed E-state index contributed by atoms with van der Waals surface area (Å²) in [6.07, 6.45) is 0. The summed E-state index contributed by atoms with van der Waals surface area (Å²) >= 11 is 0. The average Bonchev–Trinajstić information content (AvgIpc) is 2.12. The van der Waals surface area contributed by atoms with Crippen LogP contribution in [0, 0.1) is 5.21 Å². The van der Waals surface area contributed by atoms with E-state index < -0.39 is 5.97 Å². The molecule has 1 heterocycles. The quantitative estimate of drug-likeness (QED) is 0.208. The Morgan fingerprint density at radius 3 is 2.50 bits per heavy atom. The number of hydrogen-bond acceptors (Lipinski definition) is 5. The van der Waals surface area contributed by atoms with Crippen molar-refractivity contribution in [2.24, 2.45) is 10.3 Å². The third kappa shape index (κ3) is 1.56. The van der Waals surface area contributed by atoms with E-state index >= 15 is 0 Å². The minimum atomic E-state index is -0.775. The molecule has 0 bridgehead atoms. The summed E-state index contributed by atoms with van der Waals surface area (Å²) in [6, 6.07) is 0. The van der Waals surface area contributed by atoms with Gasteiger partial charge in [-0.15, -0.1) is 0 Å². The number of hydrogen-bond donors (Lipinski definition) is 0. The predicted octanol–water partition coefficient (Wildman–Crippen LogP) is -3.14. The molecule has 0 N–H and O–H groups in total. The number of oxime groups is 1. The largest absolute Gasteiger partial charge is 1.00 e. The smallest absolute Gasteiger partial charge is 0.791 e. The van der Waals surface area contributed by atoms with Crippen molar-refractivity contribution in [2.45, 2.75) is 6.92 Å². The van der Waals surface area contributed by atoms with E-state index in [9.17, 15) is 10.0 Å². The van der Waals surface area contributed by atoms with Crippen molar-refractivity contribution in [3.05, 3.63) is 5.21 Å². The molecule has 10 heavy (non-hydrogen) atoms. The molecule has 6 heteroatoms. The van der Waals surface area contributed by atoms with Gasteiger partial charge in [-0.3, -0.25) is 0 Å². The molecule has 0 fully saturated rings. The first-order valence-corrected chi connectivity index (χ1v) is 2.22. The second-order valence-corrected chi connectivity index (χ2v) is 1.50. The molecule has 1 aliphatic heterocycles. The monoisotopic (exact) mass is 150 g/mol. The minimum Gasteiger partial charge on any atom is -0.791 e. The van der Waals surface area contributed by atoms with E-state index in [0.29, 0.717) is 0 Å². The Bertz CT molecular complexity index is 211. The van der Waals surface area contributed by atoms with Gasteiger partial charge in [0.15, 0.2) is 5.71 Å². The van der Waals surface area contributed by atoms with E-state index in [-0.39, 0.29) is 41.0 Å². The molecule has 0 saturated heterocycles. The van der Waals surface area contributed by atoms with E-state index in [1.165, 1.54) is 6.92 Å². The Morgan fingerprint density at radius 1 is 1.70 bits per heavy atom. The predicted molar refractivity (Wildman–Crippen MR) is 30.0 cm³/mol. The van der Waals surface area contributed by atoms with Crippen LogP contribution in [0.5, 0.6) is 0 Å². The molecule has 48 valence electrons. The first-order chi connectivity index (χ1) is 4.25. The van der Waals surface area contributed by atoms with Crippen LogP contribution >= 0.6 is 0 Å². The van der Waals surface area contributed by atoms with Crippen molar-refractivity contribution >= 4 is 17.4 Å². The average molecular weight is 150 g/mol. The van der Waals surface area contributed by atoms with Gasteiger partial charge in [0.25, 0.3) is 0 Å². The summed E-state index contributed by atoms with van der Waals surface area (Å²) in [5.74, 6) is -0.775. The molecule has 0 atom stereocenters. The standard InChI is InChI=1S/C4H4N2O3.Na/c1-2-3(5-8)4(7)9-6-2;/h8H,1H3;/q;+1/p-1/b5-3+;. The minimum absolute atomic E-state index is 0. The van der Waals surface area contributed by atoms with Crippen LogP contribution in [0.15, 0.2) is 10.3 Å². The van der Waals surface area contributed by atoms with E-state index in [0.717, 1.165) is 0 Å². The van der Waals surface area contributed by atoms with Crippen LogP contribution in [0.3, 0.4) is 0 Å². The van der Waals surface area contributed by atoms with E-state index in [1.54, 1.807) is 0 Å². The molecule has 5 nitrogen and oxygen atoms in total. The maximum atomic E-state index is 10.3. The second kappa shape index (κ2) is 3.70. The van der Waals surface area contributed by atoms with Gasteiger partial charge in [0.2, 0.25) is 0 Å². The molecule has 0 unspecified atom stereocenters. The number of nitrogens with zero attached hydrogens (tertiary/aromatic N) is 2. The first kappa shape index (κ1) is 9.61. The number of carbonyl (C=O) groups is 1. The second-order valence-electron chi connectivity index (χ2n) is 1.50.